The number of hydrogen-bond acceptors (Lipinski definition) is 3. The number of benzene rings is 7. The fourth-order valence-corrected chi connectivity index (χ4v) is 6.89. The molecule has 52 heavy (non-hydrogen) atoms. The van der Waals surface area contributed by atoms with E-state index in [2.05, 4.69) is 163 Å². The van der Waals surface area contributed by atoms with E-state index in [0.29, 0.717) is 5.82 Å². The third-order valence-electron chi connectivity index (χ3n) is 9.54. The largest absolute Gasteiger partial charge is 0.263 e. The average Bonchev–Trinajstić information content (AvgIpc) is 3.24. The SMILES string of the molecule is c1ccc(-c2cccc(-c3cccc(-c4cccc(-c5cccc(-c6nc(-c7cncc(-c8ccccc8)c7)c7ccccc7n6)c5)c4)c3)c2)cc1. The van der Waals surface area contributed by atoms with Crippen LogP contribution in [0.5, 0.6) is 0 Å². The van der Waals surface area contributed by atoms with Crippen molar-refractivity contribution in [1.29, 1.82) is 0 Å². The van der Waals surface area contributed by atoms with Crippen molar-refractivity contribution in [2.75, 3.05) is 0 Å². The standard InChI is InChI=1S/C49H33N3/c1-3-13-34(14-4-1)36-17-9-18-37(27-36)38-19-10-20-39(28-38)40-21-11-22-41(29-40)42-23-12-24-43(30-42)49-51-47-26-8-7-25-46(47)48(52-49)45-31-44(32-50-33-45)35-15-5-2-6-16-35/h1-33H. The van der Waals surface area contributed by atoms with Crippen LogP contribution >= 0.6 is 0 Å². The average molecular weight is 664 g/mol. The van der Waals surface area contributed by atoms with E-state index < -0.39 is 0 Å². The first kappa shape index (κ1) is 31.0. The van der Waals surface area contributed by atoms with E-state index in [1.807, 2.05) is 42.7 Å². The quantitative estimate of drug-likeness (QED) is 0.170. The van der Waals surface area contributed by atoms with E-state index >= 15 is 0 Å². The fourth-order valence-electron chi connectivity index (χ4n) is 6.89. The summed E-state index contributed by atoms with van der Waals surface area (Å²) in [6.45, 7) is 0. The van der Waals surface area contributed by atoms with Crippen LogP contribution in [-0.2, 0) is 0 Å². The van der Waals surface area contributed by atoms with Gasteiger partial charge in [-0.1, -0.05) is 152 Å². The Morgan fingerprint density at radius 1 is 0.269 bits per heavy atom. The van der Waals surface area contributed by atoms with Gasteiger partial charge in [0.2, 0.25) is 0 Å². The molecule has 9 rings (SSSR count). The van der Waals surface area contributed by atoms with E-state index in [9.17, 15) is 0 Å². The van der Waals surface area contributed by atoms with Gasteiger partial charge in [-0.05, 0) is 86.5 Å². The molecule has 0 saturated carbocycles. The number of hydrogen-bond donors (Lipinski definition) is 0. The Balaban J connectivity index is 1.06. The summed E-state index contributed by atoms with van der Waals surface area (Å²) in [5, 5.41) is 0.996. The first-order valence-electron chi connectivity index (χ1n) is 17.5. The van der Waals surface area contributed by atoms with E-state index in [1.54, 1.807) is 0 Å². The van der Waals surface area contributed by atoms with Gasteiger partial charge < -0.3 is 0 Å². The molecule has 0 aliphatic rings. The topological polar surface area (TPSA) is 38.7 Å². The molecular formula is C49H33N3. The van der Waals surface area contributed by atoms with Crippen LogP contribution in [0.3, 0.4) is 0 Å². The summed E-state index contributed by atoms with van der Waals surface area (Å²) in [7, 11) is 0. The number of fused-ring (bicyclic) bond motifs is 1. The number of para-hydroxylation sites is 1. The summed E-state index contributed by atoms with van der Waals surface area (Å²) < 4.78 is 0. The van der Waals surface area contributed by atoms with Gasteiger partial charge in [0.15, 0.2) is 5.82 Å². The number of pyridine rings is 1. The van der Waals surface area contributed by atoms with Gasteiger partial charge in [0.25, 0.3) is 0 Å². The zero-order valence-corrected chi connectivity index (χ0v) is 28.4. The predicted octanol–water partition coefficient (Wildman–Crippen LogP) is 12.7. The highest BCUT2D eigenvalue weighted by atomic mass is 14.9. The molecule has 0 atom stereocenters. The van der Waals surface area contributed by atoms with Crippen molar-refractivity contribution in [2.45, 2.75) is 0 Å². The summed E-state index contributed by atoms with van der Waals surface area (Å²) >= 11 is 0. The lowest BCUT2D eigenvalue weighted by molar-refractivity contribution is 1.22. The molecule has 0 amide bonds. The van der Waals surface area contributed by atoms with E-state index in [4.69, 9.17) is 9.97 Å². The predicted molar refractivity (Wildman–Crippen MR) is 215 cm³/mol. The van der Waals surface area contributed by atoms with Crippen molar-refractivity contribution in [1.82, 2.24) is 15.0 Å². The van der Waals surface area contributed by atoms with Crippen molar-refractivity contribution in [3.8, 4) is 78.3 Å². The Labute approximate surface area is 303 Å². The van der Waals surface area contributed by atoms with Crippen molar-refractivity contribution >= 4 is 10.9 Å². The minimum Gasteiger partial charge on any atom is -0.263 e. The lowest BCUT2D eigenvalue weighted by Crippen LogP contribution is -1.96. The first-order valence-corrected chi connectivity index (χ1v) is 17.5. The van der Waals surface area contributed by atoms with Crippen LogP contribution in [0, 0.1) is 0 Å². The molecule has 2 aromatic heterocycles. The fraction of sp³-hybridized carbons (Fsp3) is 0. The minimum atomic E-state index is 0.683. The zero-order valence-electron chi connectivity index (χ0n) is 28.4. The summed E-state index contributed by atoms with van der Waals surface area (Å²) in [5.74, 6) is 0.683. The highest BCUT2D eigenvalue weighted by Gasteiger charge is 2.14. The van der Waals surface area contributed by atoms with E-state index in [0.717, 1.165) is 50.0 Å². The monoisotopic (exact) mass is 663 g/mol. The second kappa shape index (κ2) is 13.7. The minimum absolute atomic E-state index is 0.683. The number of aromatic nitrogens is 3. The number of nitrogens with zero attached hydrogens (tertiary/aromatic N) is 3. The molecule has 0 spiro atoms. The molecule has 0 aliphatic carbocycles. The van der Waals surface area contributed by atoms with Gasteiger partial charge in [-0.2, -0.15) is 0 Å². The van der Waals surface area contributed by atoms with Crippen LogP contribution in [0.15, 0.2) is 200 Å². The molecule has 3 nitrogen and oxygen atoms in total. The summed E-state index contributed by atoms with van der Waals surface area (Å²) in [5.41, 5.74) is 15.3. The second-order valence-corrected chi connectivity index (χ2v) is 12.9. The van der Waals surface area contributed by atoms with Crippen LogP contribution < -0.4 is 0 Å². The molecule has 9 aromatic rings. The van der Waals surface area contributed by atoms with Crippen LogP contribution in [-0.4, -0.2) is 15.0 Å². The molecule has 0 saturated heterocycles. The van der Waals surface area contributed by atoms with Crippen LogP contribution in [0.25, 0.3) is 89.2 Å². The van der Waals surface area contributed by atoms with E-state index in [-0.39, 0.29) is 0 Å². The highest BCUT2D eigenvalue weighted by Crippen LogP contribution is 2.35. The summed E-state index contributed by atoms with van der Waals surface area (Å²) in [6, 6.07) is 66.1. The van der Waals surface area contributed by atoms with Gasteiger partial charge in [0.05, 0.1) is 11.2 Å². The summed E-state index contributed by atoms with van der Waals surface area (Å²) in [4.78, 5) is 14.8. The van der Waals surface area contributed by atoms with Crippen molar-refractivity contribution in [3.63, 3.8) is 0 Å². The Kier molecular flexibility index (Phi) is 8.20. The molecule has 0 radical (unpaired) electrons. The van der Waals surface area contributed by atoms with Crippen molar-refractivity contribution in [2.24, 2.45) is 0 Å². The molecule has 0 N–H and O–H groups in total. The molecule has 0 bridgehead atoms. The van der Waals surface area contributed by atoms with Crippen LogP contribution in [0.1, 0.15) is 0 Å². The van der Waals surface area contributed by atoms with Gasteiger partial charge in [0, 0.05) is 34.5 Å². The van der Waals surface area contributed by atoms with E-state index in [1.165, 1.54) is 33.4 Å². The van der Waals surface area contributed by atoms with Gasteiger partial charge in [-0.25, -0.2) is 9.97 Å². The third-order valence-corrected chi connectivity index (χ3v) is 9.54. The molecule has 7 aromatic carbocycles. The van der Waals surface area contributed by atoms with Gasteiger partial charge >= 0.3 is 0 Å². The van der Waals surface area contributed by atoms with Crippen molar-refractivity contribution < 1.29 is 0 Å². The number of rotatable bonds is 7. The molecular weight excluding hydrogens is 631 g/mol. The first-order chi connectivity index (χ1) is 25.7. The zero-order chi connectivity index (χ0) is 34.7. The lowest BCUT2D eigenvalue weighted by Gasteiger charge is -2.12. The Morgan fingerprint density at radius 3 is 1.21 bits per heavy atom. The normalized spacial score (nSPS) is 11.1. The van der Waals surface area contributed by atoms with Gasteiger partial charge in [-0.15, -0.1) is 0 Å². The highest BCUT2D eigenvalue weighted by molar-refractivity contribution is 5.94. The molecule has 0 unspecified atom stereocenters. The molecule has 2 heterocycles. The maximum atomic E-state index is 5.19. The molecule has 0 fully saturated rings. The molecule has 244 valence electrons. The van der Waals surface area contributed by atoms with Gasteiger partial charge in [0.1, 0.15) is 0 Å². The second-order valence-electron chi connectivity index (χ2n) is 12.9. The van der Waals surface area contributed by atoms with Crippen molar-refractivity contribution in [3.05, 3.63) is 200 Å². The molecule has 0 aliphatic heterocycles. The molecule has 3 heteroatoms. The maximum Gasteiger partial charge on any atom is 0.160 e. The summed E-state index contributed by atoms with van der Waals surface area (Å²) in [6.07, 6.45) is 3.79. The third kappa shape index (κ3) is 6.28. The maximum absolute atomic E-state index is 5.19. The Bertz CT molecular complexity index is 2680. The van der Waals surface area contributed by atoms with Crippen LogP contribution in [0.2, 0.25) is 0 Å². The Hall–Kier alpha value is -6.97. The van der Waals surface area contributed by atoms with Crippen LogP contribution in [0.4, 0.5) is 0 Å². The lowest BCUT2D eigenvalue weighted by atomic mass is 9.94. The Morgan fingerprint density at radius 2 is 0.654 bits per heavy atom. The van der Waals surface area contributed by atoms with Gasteiger partial charge in [-0.3, -0.25) is 4.98 Å². The smallest absolute Gasteiger partial charge is 0.160 e.